The van der Waals surface area contributed by atoms with Gasteiger partial charge in [0.05, 0.1) is 25.3 Å². The first kappa shape index (κ1) is 25.0. The Bertz CT molecular complexity index is 1280. The Morgan fingerprint density at radius 1 is 0.972 bits per heavy atom. The molecule has 3 aromatic carbocycles. The highest BCUT2D eigenvalue weighted by Gasteiger charge is 2.46. The predicted molar refractivity (Wildman–Crippen MR) is 136 cm³/mol. The van der Waals surface area contributed by atoms with E-state index >= 15 is 0 Å². The molecule has 0 bridgehead atoms. The van der Waals surface area contributed by atoms with Crippen LogP contribution < -0.4 is 9.47 Å². The number of aliphatic hydroxyl groups is 1. The smallest absolute Gasteiger partial charge is 0.295 e. The van der Waals surface area contributed by atoms with Crippen molar-refractivity contribution in [3.63, 3.8) is 0 Å². The fourth-order valence-corrected chi connectivity index (χ4v) is 4.31. The fourth-order valence-electron chi connectivity index (χ4n) is 4.31. The number of likely N-dealkylation sites (tertiary alicyclic amines) is 1. The molecular weight excluding hydrogens is 458 g/mol. The molecule has 0 saturated carbocycles. The van der Waals surface area contributed by atoms with Crippen molar-refractivity contribution in [3.8, 4) is 11.5 Å². The van der Waals surface area contributed by atoms with E-state index < -0.39 is 17.7 Å². The summed E-state index contributed by atoms with van der Waals surface area (Å²) in [5, 5.41) is 11.3. The topological polar surface area (TPSA) is 85.3 Å². The van der Waals surface area contributed by atoms with Gasteiger partial charge in [0.2, 0.25) is 0 Å². The number of aryl methyl sites for hydroxylation is 1. The first-order valence-corrected chi connectivity index (χ1v) is 11.6. The molecule has 4 rings (SSSR count). The number of hydrogen-bond acceptors (Lipinski definition) is 6. The summed E-state index contributed by atoms with van der Waals surface area (Å²) < 4.78 is 16.4. The highest BCUT2D eigenvalue weighted by Crippen LogP contribution is 2.40. The van der Waals surface area contributed by atoms with E-state index in [1.807, 2.05) is 37.3 Å². The maximum absolute atomic E-state index is 13.1. The number of nitrogens with zero attached hydrogens (tertiary/aromatic N) is 1. The molecule has 1 saturated heterocycles. The molecule has 1 N–H and O–H groups in total. The van der Waals surface area contributed by atoms with Gasteiger partial charge in [-0.05, 0) is 53.9 Å². The van der Waals surface area contributed by atoms with Crippen LogP contribution in [0.5, 0.6) is 11.5 Å². The Hall–Kier alpha value is -4.10. The van der Waals surface area contributed by atoms with Crippen LogP contribution in [0, 0.1) is 6.92 Å². The third kappa shape index (κ3) is 5.11. The van der Waals surface area contributed by atoms with Crippen molar-refractivity contribution in [3.05, 3.63) is 101 Å². The standard InChI is InChI=1S/C29H29NO6/c1-19-16-22(12-13-24(19)36-18-20-8-5-4-6-9-20)27(31)25-26(21-10-7-11-23(17-21)35-3)30(14-15-34-2)29(33)28(25)32/h4-13,16-17,26,31H,14-15,18H2,1-3H3/b27-25-. The lowest BCUT2D eigenvalue weighted by atomic mass is 9.94. The molecule has 1 unspecified atom stereocenters. The lowest BCUT2D eigenvalue weighted by Gasteiger charge is -2.25. The molecule has 1 aliphatic heterocycles. The van der Waals surface area contributed by atoms with Crippen LogP contribution in [0.2, 0.25) is 0 Å². The van der Waals surface area contributed by atoms with E-state index in [0.717, 1.165) is 11.1 Å². The molecule has 36 heavy (non-hydrogen) atoms. The number of rotatable bonds is 9. The lowest BCUT2D eigenvalue weighted by Crippen LogP contribution is -2.32. The molecule has 0 spiro atoms. The van der Waals surface area contributed by atoms with E-state index in [9.17, 15) is 14.7 Å². The zero-order valence-corrected chi connectivity index (χ0v) is 20.6. The van der Waals surface area contributed by atoms with Gasteiger partial charge in [0.25, 0.3) is 11.7 Å². The Morgan fingerprint density at radius 2 is 1.75 bits per heavy atom. The van der Waals surface area contributed by atoms with E-state index in [4.69, 9.17) is 14.2 Å². The minimum atomic E-state index is -0.774. The van der Waals surface area contributed by atoms with Gasteiger partial charge in [0.15, 0.2) is 0 Å². The molecule has 1 heterocycles. The molecule has 1 amide bonds. The summed E-state index contributed by atoms with van der Waals surface area (Å²) in [6.07, 6.45) is 0. The van der Waals surface area contributed by atoms with E-state index in [-0.39, 0.29) is 24.5 Å². The number of amides is 1. The second-order valence-corrected chi connectivity index (χ2v) is 8.52. The van der Waals surface area contributed by atoms with E-state index in [0.29, 0.717) is 29.2 Å². The third-order valence-corrected chi connectivity index (χ3v) is 6.17. The van der Waals surface area contributed by atoms with Crippen molar-refractivity contribution in [1.82, 2.24) is 4.90 Å². The Labute approximate surface area is 210 Å². The molecule has 0 radical (unpaired) electrons. The monoisotopic (exact) mass is 487 g/mol. The van der Waals surface area contributed by atoms with Crippen LogP contribution in [0.25, 0.3) is 5.76 Å². The number of hydrogen-bond donors (Lipinski definition) is 1. The van der Waals surface area contributed by atoms with Crippen LogP contribution in [0.15, 0.2) is 78.4 Å². The first-order chi connectivity index (χ1) is 17.4. The van der Waals surface area contributed by atoms with Crippen LogP contribution in [-0.4, -0.2) is 49.1 Å². The highest BCUT2D eigenvalue weighted by atomic mass is 16.5. The van der Waals surface area contributed by atoms with Crippen molar-refractivity contribution in [1.29, 1.82) is 0 Å². The van der Waals surface area contributed by atoms with Gasteiger partial charge in [-0.1, -0.05) is 42.5 Å². The molecule has 0 aromatic heterocycles. The highest BCUT2D eigenvalue weighted by molar-refractivity contribution is 6.46. The average molecular weight is 488 g/mol. The molecular formula is C29H29NO6. The summed E-state index contributed by atoms with van der Waals surface area (Å²) in [6.45, 7) is 2.73. The van der Waals surface area contributed by atoms with Crippen LogP contribution in [0.4, 0.5) is 0 Å². The summed E-state index contributed by atoms with van der Waals surface area (Å²) in [6, 6.07) is 21.4. The molecule has 186 valence electrons. The van der Waals surface area contributed by atoms with Crippen LogP contribution in [0.1, 0.15) is 28.3 Å². The minimum Gasteiger partial charge on any atom is -0.507 e. The SMILES string of the molecule is COCCN1C(=O)C(=O)/C(=C(\O)c2ccc(OCc3ccccc3)c(C)c2)C1c1cccc(OC)c1. The summed E-state index contributed by atoms with van der Waals surface area (Å²) in [5.41, 5.74) is 2.95. The second-order valence-electron chi connectivity index (χ2n) is 8.52. The number of benzene rings is 3. The zero-order valence-electron chi connectivity index (χ0n) is 20.6. The maximum atomic E-state index is 13.1. The third-order valence-electron chi connectivity index (χ3n) is 6.17. The number of Topliss-reactive ketones (excluding diaryl/α,β-unsaturated/α-hetero) is 1. The summed E-state index contributed by atoms with van der Waals surface area (Å²) in [4.78, 5) is 27.5. The Morgan fingerprint density at radius 3 is 2.44 bits per heavy atom. The number of ether oxygens (including phenoxy) is 3. The Kier molecular flexibility index (Phi) is 7.71. The summed E-state index contributed by atoms with van der Waals surface area (Å²) >= 11 is 0. The molecule has 1 aliphatic rings. The maximum Gasteiger partial charge on any atom is 0.295 e. The number of methoxy groups -OCH3 is 2. The molecule has 7 heteroatoms. The van der Waals surface area contributed by atoms with Crippen LogP contribution in [-0.2, 0) is 20.9 Å². The van der Waals surface area contributed by atoms with Crippen LogP contribution in [0.3, 0.4) is 0 Å². The van der Waals surface area contributed by atoms with Crippen molar-refractivity contribution < 1.29 is 28.9 Å². The van der Waals surface area contributed by atoms with Gasteiger partial charge in [-0.15, -0.1) is 0 Å². The predicted octanol–water partition coefficient (Wildman–Crippen LogP) is 4.65. The quantitative estimate of drug-likeness (QED) is 0.269. The van der Waals surface area contributed by atoms with E-state index in [2.05, 4.69) is 0 Å². The first-order valence-electron chi connectivity index (χ1n) is 11.6. The number of carbonyl (C=O) groups excluding carboxylic acids is 2. The van der Waals surface area contributed by atoms with Gasteiger partial charge in [-0.3, -0.25) is 9.59 Å². The van der Waals surface area contributed by atoms with Gasteiger partial charge in [-0.25, -0.2) is 0 Å². The van der Waals surface area contributed by atoms with Crippen molar-refractivity contribution in [2.45, 2.75) is 19.6 Å². The number of carbonyl (C=O) groups is 2. The van der Waals surface area contributed by atoms with Crippen molar-refractivity contribution in [2.24, 2.45) is 0 Å². The van der Waals surface area contributed by atoms with Gasteiger partial charge in [0.1, 0.15) is 23.9 Å². The minimum absolute atomic E-state index is 0.0294. The largest absolute Gasteiger partial charge is 0.507 e. The molecule has 0 aliphatic carbocycles. The summed E-state index contributed by atoms with van der Waals surface area (Å²) in [5.74, 6) is -0.404. The van der Waals surface area contributed by atoms with Crippen molar-refractivity contribution in [2.75, 3.05) is 27.4 Å². The van der Waals surface area contributed by atoms with E-state index in [1.165, 1.54) is 12.0 Å². The lowest BCUT2D eigenvalue weighted by molar-refractivity contribution is -0.140. The normalized spacial score (nSPS) is 16.9. The Balaban J connectivity index is 1.71. The summed E-state index contributed by atoms with van der Waals surface area (Å²) in [7, 11) is 3.08. The second kappa shape index (κ2) is 11.1. The fraction of sp³-hybridized carbons (Fsp3) is 0.241. The average Bonchev–Trinajstić information content (AvgIpc) is 3.16. The number of aliphatic hydroxyl groups excluding tert-OH is 1. The molecule has 7 nitrogen and oxygen atoms in total. The van der Waals surface area contributed by atoms with E-state index in [1.54, 1.807) is 49.6 Å². The zero-order chi connectivity index (χ0) is 25.7. The molecule has 1 atom stereocenters. The van der Waals surface area contributed by atoms with Gasteiger partial charge >= 0.3 is 0 Å². The van der Waals surface area contributed by atoms with Gasteiger partial charge < -0.3 is 24.2 Å². The van der Waals surface area contributed by atoms with Crippen molar-refractivity contribution >= 4 is 17.4 Å². The molecule has 1 fully saturated rings. The molecule has 3 aromatic rings. The number of ketones is 1. The van der Waals surface area contributed by atoms with Crippen LogP contribution >= 0.6 is 0 Å². The van der Waals surface area contributed by atoms with Gasteiger partial charge in [0, 0.05) is 19.2 Å². The van der Waals surface area contributed by atoms with Gasteiger partial charge in [-0.2, -0.15) is 0 Å².